The summed E-state index contributed by atoms with van der Waals surface area (Å²) in [5.74, 6) is -0.607. The lowest BCUT2D eigenvalue weighted by molar-refractivity contribution is 0.0693. The van der Waals surface area contributed by atoms with E-state index in [1.807, 2.05) is 0 Å². The van der Waals surface area contributed by atoms with Crippen LogP contribution in [-0.2, 0) is 6.61 Å². The molecule has 2 aromatic rings. The Morgan fingerprint density at radius 1 is 1.25 bits per heavy atom. The number of carbonyl (C=O) groups is 2. The molecule has 2 rings (SSSR count). The van der Waals surface area contributed by atoms with Gasteiger partial charge in [0.2, 0.25) is 0 Å². The van der Waals surface area contributed by atoms with E-state index in [2.05, 4.69) is 0 Å². The molecule has 0 spiro atoms. The summed E-state index contributed by atoms with van der Waals surface area (Å²) in [7, 11) is 0. The van der Waals surface area contributed by atoms with E-state index in [0.29, 0.717) is 28.2 Å². The van der Waals surface area contributed by atoms with Gasteiger partial charge in [0.05, 0.1) is 10.6 Å². The molecule has 0 atom stereocenters. The minimum absolute atomic E-state index is 0.0859. The second-order valence-electron chi connectivity index (χ2n) is 4.06. The van der Waals surface area contributed by atoms with E-state index in [4.69, 9.17) is 21.4 Å². The number of carbonyl (C=O) groups excluding carboxylic acids is 1. The van der Waals surface area contributed by atoms with E-state index in [1.165, 1.54) is 12.1 Å². The number of rotatable bonds is 5. The van der Waals surface area contributed by atoms with Crippen molar-refractivity contribution in [2.75, 3.05) is 0 Å². The maximum Gasteiger partial charge on any atom is 0.336 e. The fraction of sp³-hybridized carbons (Fsp3) is 0.0667. The maximum atomic E-state index is 11.1. The monoisotopic (exact) mass is 290 g/mol. The molecule has 0 saturated carbocycles. The second-order valence-corrected chi connectivity index (χ2v) is 4.47. The highest BCUT2D eigenvalue weighted by atomic mass is 35.5. The van der Waals surface area contributed by atoms with Crippen LogP contribution in [0.15, 0.2) is 42.5 Å². The van der Waals surface area contributed by atoms with Crippen molar-refractivity contribution in [1.29, 1.82) is 0 Å². The molecule has 1 N–H and O–H groups in total. The van der Waals surface area contributed by atoms with Gasteiger partial charge in [0.25, 0.3) is 0 Å². The van der Waals surface area contributed by atoms with Crippen LogP contribution in [0.4, 0.5) is 0 Å². The van der Waals surface area contributed by atoms with Gasteiger partial charge in [-0.1, -0.05) is 29.8 Å². The van der Waals surface area contributed by atoms with Crippen LogP contribution in [0.25, 0.3) is 0 Å². The first-order valence-corrected chi connectivity index (χ1v) is 6.18. The van der Waals surface area contributed by atoms with Crippen LogP contribution in [0.5, 0.6) is 5.75 Å². The van der Waals surface area contributed by atoms with Crippen molar-refractivity contribution in [2.24, 2.45) is 0 Å². The lowest BCUT2D eigenvalue weighted by Crippen LogP contribution is -2.05. The van der Waals surface area contributed by atoms with E-state index in [1.54, 1.807) is 30.3 Å². The molecule has 0 heterocycles. The molecule has 0 unspecified atom stereocenters. The van der Waals surface area contributed by atoms with Crippen LogP contribution in [0.3, 0.4) is 0 Å². The van der Waals surface area contributed by atoms with Crippen molar-refractivity contribution < 1.29 is 19.4 Å². The summed E-state index contributed by atoms with van der Waals surface area (Å²) in [6, 6.07) is 11.2. The number of benzene rings is 2. The number of hydrogen-bond donors (Lipinski definition) is 1. The van der Waals surface area contributed by atoms with Crippen molar-refractivity contribution in [1.82, 2.24) is 0 Å². The number of halogens is 1. The van der Waals surface area contributed by atoms with Crippen LogP contribution in [0.2, 0.25) is 5.02 Å². The topological polar surface area (TPSA) is 63.6 Å². The number of carboxylic acids is 1. The Bertz CT molecular complexity index is 652. The lowest BCUT2D eigenvalue weighted by Gasteiger charge is -2.10. The quantitative estimate of drug-likeness (QED) is 0.857. The molecule has 20 heavy (non-hydrogen) atoms. The number of carboxylic acid groups (broad SMARTS) is 1. The Morgan fingerprint density at radius 3 is 2.65 bits per heavy atom. The van der Waals surface area contributed by atoms with Crippen molar-refractivity contribution in [3.63, 3.8) is 0 Å². The van der Waals surface area contributed by atoms with Crippen LogP contribution in [0, 0.1) is 0 Å². The molecule has 4 nitrogen and oxygen atoms in total. The molecule has 0 amide bonds. The molecule has 102 valence electrons. The van der Waals surface area contributed by atoms with Gasteiger partial charge in [-0.3, -0.25) is 4.79 Å². The van der Waals surface area contributed by atoms with Crippen LogP contribution >= 0.6 is 11.6 Å². The van der Waals surface area contributed by atoms with Gasteiger partial charge in [-0.15, -0.1) is 0 Å². The van der Waals surface area contributed by atoms with Gasteiger partial charge in [0.1, 0.15) is 18.6 Å². The van der Waals surface area contributed by atoms with Gasteiger partial charge in [0, 0.05) is 11.1 Å². The van der Waals surface area contributed by atoms with Gasteiger partial charge >= 0.3 is 5.97 Å². The Morgan fingerprint density at radius 2 is 2.00 bits per heavy atom. The van der Waals surface area contributed by atoms with E-state index < -0.39 is 5.97 Å². The van der Waals surface area contributed by atoms with Crippen molar-refractivity contribution in [3.8, 4) is 5.75 Å². The van der Waals surface area contributed by atoms with Crippen molar-refractivity contribution in [3.05, 3.63) is 64.2 Å². The zero-order valence-electron chi connectivity index (χ0n) is 10.4. The molecule has 0 aromatic heterocycles. The summed E-state index contributed by atoms with van der Waals surface area (Å²) < 4.78 is 5.50. The number of aldehydes is 1. The van der Waals surface area contributed by atoms with Crippen molar-refractivity contribution in [2.45, 2.75) is 6.61 Å². The summed E-state index contributed by atoms with van der Waals surface area (Å²) in [5.41, 5.74) is 1.19. The minimum atomic E-state index is -1.01. The Labute approximate surface area is 120 Å². The zero-order chi connectivity index (χ0) is 14.5. The predicted octanol–water partition coefficient (Wildman–Crippen LogP) is 3.43. The normalized spacial score (nSPS) is 10.1. The predicted molar refractivity (Wildman–Crippen MR) is 74.6 cm³/mol. The number of aromatic carboxylic acids is 1. The highest BCUT2D eigenvalue weighted by molar-refractivity contribution is 6.32. The van der Waals surface area contributed by atoms with Gasteiger partial charge in [-0.25, -0.2) is 4.79 Å². The third-order valence-corrected chi connectivity index (χ3v) is 3.02. The molecule has 0 fully saturated rings. The molecule has 0 aliphatic rings. The fourth-order valence-corrected chi connectivity index (χ4v) is 1.96. The molecule has 0 bridgehead atoms. The summed E-state index contributed by atoms with van der Waals surface area (Å²) in [6.45, 7) is 0.0859. The average Bonchev–Trinajstić information content (AvgIpc) is 2.46. The minimum Gasteiger partial charge on any atom is -0.487 e. The van der Waals surface area contributed by atoms with Crippen LogP contribution in [-0.4, -0.2) is 17.4 Å². The zero-order valence-corrected chi connectivity index (χ0v) is 11.1. The molecule has 0 radical (unpaired) electrons. The summed E-state index contributed by atoms with van der Waals surface area (Å²) in [6.07, 6.45) is 0.690. The lowest BCUT2D eigenvalue weighted by atomic mass is 10.1. The molecule has 0 aliphatic heterocycles. The Hall–Kier alpha value is -2.33. The van der Waals surface area contributed by atoms with E-state index in [0.717, 1.165) is 0 Å². The standard InChI is InChI=1S/C15H11ClO4/c16-13-7-10(8-17)5-6-14(13)20-9-11-3-1-2-4-12(11)15(18)19/h1-8H,9H2,(H,18,19). The molecule has 0 saturated heterocycles. The summed E-state index contributed by atoms with van der Waals surface area (Å²) in [5, 5.41) is 9.37. The SMILES string of the molecule is O=Cc1ccc(OCc2ccccc2C(=O)O)c(Cl)c1. The molecule has 5 heteroatoms. The molecular formula is C15H11ClO4. The maximum absolute atomic E-state index is 11.1. The fourth-order valence-electron chi connectivity index (χ4n) is 1.72. The van der Waals surface area contributed by atoms with Gasteiger partial charge in [-0.05, 0) is 24.3 Å². The summed E-state index contributed by atoms with van der Waals surface area (Å²) >= 11 is 5.98. The largest absolute Gasteiger partial charge is 0.487 e. The average molecular weight is 291 g/mol. The highest BCUT2D eigenvalue weighted by Gasteiger charge is 2.10. The van der Waals surface area contributed by atoms with E-state index in [9.17, 15) is 9.59 Å². The van der Waals surface area contributed by atoms with Gasteiger partial charge in [0.15, 0.2) is 0 Å². The van der Waals surface area contributed by atoms with Crippen molar-refractivity contribution >= 4 is 23.9 Å². The third-order valence-electron chi connectivity index (χ3n) is 2.72. The van der Waals surface area contributed by atoms with E-state index >= 15 is 0 Å². The number of ether oxygens (including phenoxy) is 1. The molecule has 0 aliphatic carbocycles. The first-order valence-electron chi connectivity index (χ1n) is 5.80. The first-order chi connectivity index (χ1) is 9.61. The Kier molecular flexibility index (Phi) is 4.38. The van der Waals surface area contributed by atoms with Gasteiger partial charge in [-0.2, -0.15) is 0 Å². The van der Waals surface area contributed by atoms with Crippen LogP contribution in [0.1, 0.15) is 26.3 Å². The molecule has 2 aromatic carbocycles. The smallest absolute Gasteiger partial charge is 0.336 e. The van der Waals surface area contributed by atoms with Crippen LogP contribution < -0.4 is 4.74 Å². The highest BCUT2D eigenvalue weighted by Crippen LogP contribution is 2.26. The number of hydrogen-bond acceptors (Lipinski definition) is 3. The molecular weight excluding hydrogens is 280 g/mol. The van der Waals surface area contributed by atoms with E-state index in [-0.39, 0.29) is 12.2 Å². The first kappa shape index (κ1) is 14.1. The second kappa shape index (κ2) is 6.21. The Balaban J connectivity index is 2.17. The van der Waals surface area contributed by atoms with Gasteiger partial charge < -0.3 is 9.84 Å². The third kappa shape index (κ3) is 3.16. The summed E-state index contributed by atoms with van der Waals surface area (Å²) in [4.78, 5) is 21.7.